The minimum atomic E-state index is -0.575. The molecule has 0 saturated heterocycles. The van der Waals surface area contributed by atoms with Crippen molar-refractivity contribution in [2.24, 2.45) is 0 Å². The Hall–Kier alpha value is -1.90. The molecule has 96 valence electrons. The summed E-state index contributed by atoms with van der Waals surface area (Å²) in [6.07, 6.45) is 0.903. The lowest BCUT2D eigenvalue weighted by molar-refractivity contribution is 0.0698. The van der Waals surface area contributed by atoms with E-state index in [0.717, 1.165) is 0 Å². The van der Waals surface area contributed by atoms with Gasteiger partial charge in [0.25, 0.3) is 5.91 Å². The number of pyridine rings is 1. The molecule has 1 amide bonds. The summed E-state index contributed by atoms with van der Waals surface area (Å²) in [5, 5.41) is 17.8. The molecule has 0 bridgehead atoms. The van der Waals surface area contributed by atoms with Gasteiger partial charge >= 0.3 is 0 Å². The van der Waals surface area contributed by atoms with E-state index in [-0.39, 0.29) is 19.1 Å². The fourth-order valence-electron chi connectivity index (χ4n) is 1.41. The van der Waals surface area contributed by atoms with Crippen LogP contribution >= 0.6 is 0 Å². The Kier molecular flexibility index (Phi) is 5.31. The third kappa shape index (κ3) is 4.17. The normalized spacial score (nSPS) is 11.3. The molecular formula is C13H16N2O3. The highest BCUT2D eigenvalue weighted by Crippen LogP contribution is 2.03. The first-order chi connectivity index (χ1) is 8.54. The van der Waals surface area contributed by atoms with E-state index in [9.17, 15) is 9.90 Å². The first-order valence-corrected chi connectivity index (χ1v) is 5.54. The number of hydrogen-bond donors (Lipinski definition) is 2. The van der Waals surface area contributed by atoms with Crippen LogP contribution in [0.5, 0.6) is 0 Å². The predicted molar refractivity (Wildman–Crippen MR) is 66.8 cm³/mol. The minimum Gasteiger partial charge on any atom is -0.392 e. The van der Waals surface area contributed by atoms with Crippen molar-refractivity contribution in [1.82, 2.24) is 9.88 Å². The van der Waals surface area contributed by atoms with Gasteiger partial charge in [0.15, 0.2) is 0 Å². The van der Waals surface area contributed by atoms with Gasteiger partial charge in [-0.25, -0.2) is 4.98 Å². The van der Waals surface area contributed by atoms with Gasteiger partial charge in [0.1, 0.15) is 12.3 Å². The molecule has 0 saturated carbocycles. The van der Waals surface area contributed by atoms with Crippen molar-refractivity contribution in [3.8, 4) is 11.8 Å². The van der Waals surface area contributed by atoms with Gasteiger partial charge in [0, 0.05) is 25.4 Å². The number of carbonyl (C=O) groups is 1. The lowest BCUT2D eigenvalue weighted by Gasteiger charge is -2.18. The third-order valence-electron chi connectivity index (χ3n) is 2.18. The molecule has 0 radical (unpaired) electrons. The number of aliphatic hydroxyl groups excluding tert-OH is 2. The highest BCUT2D eigenvalue weighted by atomic mass is 16.3. The first-order valence-electron chi connectivity index (χ1n) is 5.54. The molecule has 0 aliphatic heterocycles. The molecule has 1 atom stereocenters. The SMILES string of the molecule is CC(O)CN(C)C(=O)c1ccc(C#CCO)cn1. The highest BCUT2D eigenvalue weighted by molar-refractivity contribution is 5.92. The zero-order valence-corrected chi connectivity index (χ0v) is 10.4. The van der Waals surface area contributed by atoms with E-state index in [1.54, 1.807) is 26.1 Å². The Labute approximate surface area is 106 Å². The van der Waals surface area contributed by atoms with E-state index >= 15 is 0 Å². The van der Waals surface area contributed by atoms with Crippen LogP contribution in [0.15, 0.2) is 18.3 Å². The van der Waals surface area contributed by atoms with Crippen molar-refractivity contribution in [3.63, 3.8) is 0 Å². The summed E-state index contributed by atoms with van der Waals surface area (Å²) in [6, 6.07) is 3.24. The zero-order chi connectivity index (χ0) is 13.5. The number of aromatic nitrogens is 1. The number of likely N-dealkylation sites (N-methyl/N-ethyl adjacent to an activating group) is 1. The maximum absolute atomic E-state index is 11.9. The lowest BCUT2D eigenvalue weighted by Crippen LogP contribution is -2.33. The molecule has 2 N–H and O–H groups in total. The lowest BCUT2D eigenvalue weighted by atomic mass is 10.2. The maximum Gasteiger partial charge on any atom is 0.272 e. The fraction of sp³-hybridized carbons (Fsp3) is 0.385. The summed E-state index contributed by atoms with van der Waals surface area (Å²) < 4.78 is 0. The van der Waals surface area contributed by atoms with Crippen LogP contribution in [0.3, 0.4) is 0 Å². The quantitative estimate of drug-likeness (QED) is 0.731. The number of amides is 1. The van der Waals surface area contributed by atoms with Crippen LogP contribution in [0, 0.1) is 11.8 Å². The summed E-state index contributed by atoms with van der Waals surface area (Å²) in [5.41, 5.74) is 0.937. The van der Waals surface area contributed by atoms with Gasteiger partial charge in [0.2, 0.25) is 0 Å². The largest absolute Gasteiger partial charge is 0.392 e. The Morgan fingerprint density at radius 3 is 2.78 bits per heavy atom. The maximum atomic E-state index is 11.9. The van der Waals surface area contributed by atoms with Crippen molar-refractivity contribution >= 4 is 5.91 Å². The standard InChI is InChI=1S/C13H16N2O3/c1-10(17)9-15(2)13(18)12-6-5-11(8-14-12)4-3-7-16/h5-6,8,10,16-17H,7,9H2,1-2H3. The summed E-state index contributed by atoms with van der Waals surface area (Å²) in [5.74, 6) is 4.94. The highest BCUT2D eigenvalue weighted by Gasteiger charge is 2.14. The van der Waals surface area contributed by atoms with Gasteiger partial charge in [-0.1, -0.05) is 11.8 Å². The molecule has 5 heteroatoms. The van der Waals surface area contributed by atoms with Crippen molar-refractivity contribution in [2.75, 3.05) is 20.2 Å². The van der Waals surface area contributed by atoms with E-state index < -0.39 is 6.10 Å². The smallest absolute Gasteiger partial charge is 0.272 e. The van der Waals surface area contributed by atoms with Gasteiger partial charge < -0.3 is 15.1 Å². The van der Waals surface area contributed by atoms with E-state index in [2.05, 4.69) is 16.8 Å². The second-order valence-electron chi connectivity index (χ2n) is 3.93. The van der Waals surface area contributed by atoms with Crippen molar-refractivity contribution in [1.29, 1.82) is 0 Å². The number of hydrogen-bond acceptors (Lipinski definition) is 4. The Morgan fingerprint density at radius 1 is 1.56 bits per heavy atom. The molecule has 0 aliphatic rings. The molecular weight excluding hydrogens is 232 g/mol. The predicted octanol–water partition coefficient (Wildman–Crippen LogP) is -0.122. The second kappa shape index (κ2) is 6.74. The van der Waals surface area contributed by atoms with Crippen LogP contribution in [-0.2, 0) is 0 Å². The molecule has 1 rings (SSSR count). The third-order valence-corrected chi connectivity index (χ3v) is 2.18. The van der Waals surface area contributed by atoms with Crippen molar-refractivity contribution < 1.29 is 15.0 Å². The van der Waals surface area contributed by atoms with Gasteiger partial charge in [-0.15, -0.1) is 0 Å². The van der Waals surface area contributed by atoms with Crippen molar-refractivity contribution in [2.45, 2.75) is 13.0 Å². The van der Waals surface area contributed by atoms with E-state index in [4.69, 9.17) is 5.11 Å². The van der Waals surface area contributed by atoms with Gasteiger partial charge in [-0.2, -0.15) is 0 Å². The average molecular weight is 248 g/mol. The van der Waals surface area contributed by atoms with E-state index in [1.165, 1.54) is 11.1 Å². The molecule has 0 aromatic carbocycles. The Morgan fingerprint density at radius 2 is 2.28 bits per heavy atom. The Bertz CT molecular complexity index is 457. The molecule has 18 heavy (non-hydrogen) atoms. The van der Waals surface area contributed by atoms with Gasteiger partial charge in [-0.05, 0) is 19.1 Å². The molecule has 0 spiro atoms. The fourth-order valence-corrected chi connectivity index (χ4v) is 1.41. The van der Waals surface area contributed by atoms with E-state index in [1.807, 2.05) is 0 Å². The number of carbonyl (C=O) groups excluding carboxylic acids is 1. The van der Waals surface area contributed by atoms with Gasteiger partial charge in [0.05, 0.1) is 6.10 Å². The number of nitrogens with zero attached hydrogens (tertiary/aromatic N) is 2. The molecule has 0 fully saturated rings. The minimum absolute atomic E-state index is 0.211. The molecule has 0 aliphatic carbocycles. The van der Waals surface area contributed by atoms with Gasteiger partial charge in [-0.3, -0.25) is 4.79 Å². The monoisotopic (exact) mass is 248 g/mol. The van der Waals surface area contributed by atoms with Crippen LogP contribution in [0.1, 0.15) is 23.0 Å². The molecule has 1 aromatic heterocycles. The number of aliphatic hydroxyl groups is 2. The topological polar surface area (TPSA) is 73.7 Å². The summed E-state index contributed by atoms with van der Waals surface area (Å²) in [4.78, 5) is 17.3. The molecule has 5 nitrogen and oxygen atoms in total. The van der Waals surface area contributed by atoms with Crippen LogP contribution in [-0.4, -0.2) is 52.3 Å². The van der Waals surface area contributed by atoms with Crippen LogP contribution < -0.4 is 0 Å². The zero-order valence-electron chi connectivity index (χ0n) is 10.4. The second-order valence-corrected chi connectivity index (χ2v) is 3.93. The number of rotatable bonds is 3. The summed E-state index contributed by atoms with van der Waals surface area (Å²) in [6.45, 7) is 1.66. The van der Waals surface area contributed by atoms with Crippen LogP contribution in [0.2, 0.25) is 0 Å². The van der Waals surface area contributed by atoms with Crippen molar-refractivity contribution in [3.05, 3.63) is 29.6 Å². The van der Waals surface area contributed by atoms with Crippen LogP contribution in [0.4, 0.5) is 0 Å². The molecule has 1 heterocycles. The molecule has 1 unspecified atom stereocenters. The van der Waals surface area contributed by atoms with Crippen LogP contribution in [0.25, 0.3) is 0 Å². The summed E-state index contributed by atoms with van der Waals surface area (Å²) >= 11 is 0. The summed E-state index contributed by atoms with van der Waals surface area (Å²) in [7, 11) is 1.61. The molecule has 1 aromatic rings. The average Bonchev–Trinajstić information content (AvgIpc) is 2.35. The first kappa shape index (κ1) is 14.2. The Balaban J connectivity index is 2.75. The van der Waals surface area contributed by atoms with E-state index in [0.29, 0.717) is 11.3 Å².